The maximum Gasteiger partial charge on any atom is 0.111 e. The van der Waals surface area contributed by atoms with Crippen LogP contribution < -0.4 is 0 Å². The van der Waals surface area contributed by atoms with E-state index in [4.69, 9.17) is 16.8 Å². The third-order valence-electron chi connectivity index (χ3n) is 1.54. The number of nitrogens with zero attached hydrogens (tertiary/aromatic N) is 2. The molecule has 1 aromatic carbocycles. The summed E-state index contributed by atoms with van der Waals surface area (Å²) in [7, 11) is 0. The molecule has 0 saturated heterocycles. The van der Waals surface area contributed by atoms with Crippen molar-refractivity contribution in [1.29, 1.82) is 0 Å². The van der Waals surface area contributed by atoms with E-state index in [0.717, 1.165) is 10.2 Å². The van der Waals surface area contributed by atoms with Gasteiger partial charge in [-0.3, -0.25) is 0 Å². The molecule has 0 amide bonds. The van der Waals surface area contributed by atoms with E-state index in [-0.39, 0.29) is 0 Å². The fourth-order valence-corrected chi connectivity index (χ4v) is 1.22. The lowest BCUT2D eigenvalue weighted by Crippen LogP contribution is -1.89. The molecular weight excluding hydrogens is 164 g/mol. The predicted octanol–water partition coefficient (Wildman–Crippen LogP) is 1.93. The van der Waals surface area contributed by atoms with Gasteiger partial charge in [0.1, 0.15) is 5.52 Å². The van der Waals surface area contributed by atoms with E-state index in [1.165, 1.54) is 6.20 Å². The topological polar surface area (TPSA) is 38.0 Å². The van der Waals surface area contributed by atoms with E-state index in [1.807, 2.05) is 0 Å². The highest BCUT2D eigenvalue weighted by Crippen LogP contribution is 2.21. The van der Waals surface area contributed by atoms with Crippen molar-refractivity contribution in [1.82, 2.24) is 9.94 Å². The van der Waals surface area contributed by atoms with Gasteiger partial charge in [0.2, 0.25) is 0 Å². The van der Waals surface area contributed by atoms with Gasteiger partial charge in [0, 0.05) is 5.39 Å². The summed E-state index contributed by atoms with van der Waals surface area (Å²) in [5, 5.41) is 14.1. The first-order chi connectivity index (χ1) is 5.29. The van der Waals surface area contributed by atoms with Gasteiger partial charge in [0.25, 0.3) is 0 Å². The number of aromatic nitrogens is 2. The number of rotatable bonds is 0. The molecule has 0 aliphatic rings. The third kappa shape index (κ3) is 0.851. The van der Waals surface area contributed by atoms with Crippen LogP contribution in [0.15, 0.2) is 24.4 Å². The summed E-state index contributed by atoms with van der Waals surface area (Å²) in [5.74, 6) is 0. The van der Waals surface area contributed by atoms with Crippen LogP contribution in [-0.4, -0.2) is 15.2 Å². The van der Waals surface area contributed by atoms with Crippen LogP contribution in [-0.2, 0) is 0 Å². The Morgan fingerprint density at radius 3 is 3.00 bits per heavy atom. The van der Waals surface area contributed by atoms with Crippen LogP contribution in [0.5, 0.6) is 0 Å². The molecule has 1 N–H and O–H groups in total. The lowest BCUT2D eigenvalue weighted by molar-refractivity contribution is 0.161. The first kappa shape index (κ1) is 6.49. The molecule has 56 valence electrons. The minimum Gasteiger partial charge on any atom is -0.411 e. The Kier molecular flexibility index (Phi) is 1.26. The van der Waals surface area contributed by atoms with Gasteiger partial charge in [0.05, 0.1) is 11.2 Å². The van der Waals surface area contributed by atoms with Crippen molar-refractivity contribution < 1.29 is 5.21 Å². The first-order valence-corrected chi connectivity index (χ1v) is 3.48. The van der Waals surface area contributed by atoms with E-state index in [1.54, 1.807) is 18.2 Å². The molecular formula is C7H5ClN2O. The van der Waals surface area contributed by atoms with Crippen molar-refractivity contribution in [3.63, 3.8) is 0 Å². The predicted molar refractivity (Wildman–Crippen MR) is 41.9 cm³/mol. The van der Waals surface area contributed by atoms with Crippen molar-refractivity contribution >= 4 is 22.5 Å². The molecule has 0 atom stereocenters. The van der Waals surface area contributed by atoms with Gasteiger partial charge in [-0.25, -0.2) is 0 Å². The van der Waals surface area contributed by atoms with Crippen LogP contribution in [0.25, 0.3) is 10.9 Å². The molecule has 0 spiro atoms. The van der Waals surface area contributed by atoms with Gasteiger partial charge in [-0.1, -0.05) is 17.7 Å². The highest BCUT2D eigenvalue weighted by molar-refractivity contribution is 6.35. The van der Waals surface area contributed by atoms with Gasteiger partial charge in [0.15, 0.2) is 0 Å². The molecule has 0 fully saturated rings. The van der Waals surface area contributed by atoms with E-state index in [2.05, 4.69) is 5.10 Å². The summed E-state index contributed by atoms with van der Waals surface area (Å²) in [6.07, 6.45) is 1.53. The number of fused-ring (bicyclic) bond motifs is 1. The monoisotopic (exact) mass is 168 g/mol. The Morgan fingerprint density at radius 2 is 2.27 bits per heavy atom. The van der Waals surface area contributed by atoms with E-state index in [9.17, 15) is 0 Å². The average Bonchev–Trinajstić information content (AvgIpc) is 2.35. The largest absolute Gasteiger partial charge is 0.411 e. The SMILES string of the molecule is On1ncc2c(Cl)cccc21. The Morgan fingerprint density at radius 1 is 1.45 bits per heavy atom. The molecule has 1 aromatic heterocycles. The van der Waals surface area contributed by atoms with Gasteiger partial charge < -0.3 is 5.21 Å². The summed E-state index contributed by atoms with van der Waals surface area (Å²) >= 11 is 5.81. The van der Waals surface area contributed by atoms with Crippen molar-refractivity contribution in [3.8, 4) is 0 Å². The molecule has 2 rings (SSSR count). The average molecular weight is 169 g/mol. The van der Waals surface area contributed by atoms with Crippen molar-refractivity contribution in [2.24, 2.45) is 0 Å². The zero-order valence-corrected chi connectivity index (χ0v) is 6.28. The van der Waals surface area contributed by atoms with Crippen LogP contribution in [0.4, 0.5) is 0 Å². The van der Waals surface area contributed by atoms with Crippen LogP contribution in [0.3, 0.4) is 0 Å². The highest BCUT2D eigenvalue weighted by Gasteiger charge is 2.02. The number of hydrogen-bond donors (Lipinski definition) is 1. The summed E-state index contributed by atoms with van der Waals surface area (Å²) in [5.41, 5.74) is 0.623. The Labute approximate surface area is 67.8 Å². The summed E-state index contributed by atoms with van der Waals surface area (Å²) < 4.78 is 0. The standard InChI is InChI=1S/C7H5ClN2O/c8-6-2-1-3-7-5(6)4-9-10(7)11/h1-4,11H. The normalized spacial score (nSPS) is 10.6. The Bertz CT molecular complexity index is 396. The molecule has 0 saturated carbocycles. The summed E-state index contributed by atoms with van der Waals surface area (Å²) in [6, 6.07) is 5.26. The molecule has 4 heteroatoms. The molecule has 11 heavy (non-hydrogen) atoms. The van der Waals surface area contributed by atoms with E-state index >= 15 is 0 Å². The number of hydrogen-bond acceptors (Lipinski definition) is 2. The summed E-state index contributed by atoms with van der Waals surface area (Å²) in [6.45, 7) is 0. The van der Waals surface area contributed by atoms with Crippen LogP contribution in [0, 0.1) is 0 Å². The quantitative estimate of drug-likeness (QED) is 0.611. The zero-order chi connectivity index (χ0) is 7.84. The number of halogens is 1. The van der Waals surface area contributed by atoms with Crippen molar-refractivity contribution in [3.05, 3.63) is 29.4 Å². The lowest BCUT2D eigenvalue weighted by atomic mass is 10.3. The molecule has 3 nitrogen and oxygen atoms in total. The second-order valence-electron chi connectivity index (χ2n) is 2.21. The fourth-order valence-electron chi connectivity index (χ4n) is 1.00. The Balaban J connectivity index is 2.94. The molecule has 1 heterocycles. The van der Waals surface area contributed by atoms with E-state index < -0.39 is 0 Å². The zero-order valence-electron chi connectivity index (χ0n) is 5.53. The minimum absolute atomic E-state index is 0.600. The van der Waals surface area contributed by atoms with Crippen molar-refractivity contribution in [2.75, 3.05) is 0 Å². The van der Waals surface area contributed by atoms with Crippen LogP contribution in [0.2, 0.25) is 5.02 Å². The minimum atomic E-state index is 0.600. The smallest absolute Gasteiger partial charge is 0.111 e. The molecule has 0 bridgehead atoms. The van der Waals surface area contributed by atoms with Crippen LogP contribution >= 0.6 is 11.6 Å². The molecule has 0 aliphatic carbocycles. The van der Waals surface area contributed by atoms with Gasteiger partial charge >= 0.3 is 0 Å². The van der Waals surface area contributed by atoms with Gasteiger partial charge in [-0.05, 0) is 12.1 Å². The fraction of sp³-hybridized carbons (Fsp3) is 0. The third-order valence-corrected chi connectivity index (χ3v) is 1.87. The van der Waals surface area contributed by atoms with E-state index in [0.29, 0.717) is 10.5 Å². The maximum atomic E-state index is 9.08. The van der Waals surface area contributed by atoms with Crippen LogP contribution in [0.1, 0.15) is 0 Å². The second-order valence-corrected chi connectivity index (χ2v) is 2.61. The Hall–Kier alpha value is -1.22. The second kappa shape index (κ2) is 2.13. The lowest BCUT2D eigenvalue weighted by Gasteiger charge is -1.92. The maximum absolute atomic E-state index is 9.08. The summed E-state index contributed by atoms with van der Waals surface area (Å²) in [4.78, 5) is 0.807. The number of benzene rings is 1. The molecule has 0 unspecified atom stereocenters. The molecule has 2 aromatic rings. The molecule has 0 radical (unpaired) electrons. The highest BCUT2D eigenvalue weighted by atomic mass is 35.5. The van der Waals surface area contributed by atoms with Gasteiger partial charge in [-0.2, -0.15) is 0 Å². The van der Waals surface area contributed by atoms with Gasteiger partial charge in [-0.15, -0.1) is 9.94 Å². The molecule has 0 aliphatic heterocycles. The first-order valence-electron chi connectivity index (χ1n) is 3.10. The van der Waals surface area contributed by atoms with Crippen molar-refractivity contribution in [2.45, 2.75) is 0 Å².